The summed E-state index contributed by atoms with van der Waals surface area (Å²) >= 11 is 0. The Morgan fingerprint density at radius 2 is 1.85 bits per heavy atom. The first-order valence-electron chi connectivity index (χ1n) is 9.05. The maximum Gasteiger partial charge on any atom is 0.205 e. The van der Waals surface area contributed by atoms with Gasteiger partial charge in [-0.25, -0.2) is 0 Å². The third kappa shape index (κ3) is 2.77. The summed E-state index contributed by atoms with van der Waals surface area (Å²) in [6.45, 7) is 4.75. The normalized spacial score (nSPS) is 13.1. The topological polar surface area (TPSA) is 75.5 Å². The first-order chi connectivity index (χ1) is 13.3. The van der Waals surface area contributed by atoms with Crippen LogP contribution in [0.1, 0.15) is 18.1 Å². The molecule has 7 nitrogen and oxygen atoms in total. The molecule has 0 aliphatic carbocycles. The van der Waals surface area contributed by atoms with Crippen molar-refractivity contribution in [1.82, 2.24) is 30.4 Å². The van der Waals surface area contributed by atoms with Gasteiger partial charge in [-0.2, -0.15) is 10.3 Å². The van der Waals surface area contributed by atoms with Gasteiger partial charge in [-0.3, -0.25) is 4.68 Å². The van der Waals surface area contributed by atoms with Crippen molar-refractivity contribution in [2.75, 3.05) is 4.90 Å². The van der Waals surface area contributed by atoms with Crippen molar-refractivity contribution in [3.05, 3.63) is 65.9 Å². The number of hydrogen-bond donors (Lipinski definition) is 1. The fourth-order valence-corrected chi connectivity index (χ4v) is 3.63. The standard InChI is InChI=1S/C20H19N7/c1-2-27-10-9-19(23-27)26-12-15-8-7-14(11-16(15)13-26)17-5-3-4-6-18(17)20-21-24-25-22-20/h3-11H,2,12-13H2,1H3,(H,21,22,24,25). The number of nitrogens with zero attached hydrogens (tertiary/aromatic N) is 6. The van der Waals surface area contributed by atoms with Crippen molar-refractivity contribution in [2.24, 2.45) is 0 Å². The molecule has 2 aromatic carbocycles. The Balaban J connectivity index is 1.48. The molecule has 0 saturated carbocycles. The molecule has 0 saturated heterocycles. The lowest BCUT2D eigenvalue weighted by molar-refractivity contribution is 0.652. The molecule has 0 atom stereocenters. The molecule has 7 heteroatoms. The summed E-state index contributed by atoms with van der Waals surface area (Å²) in [6.07, 6.45) is 2.03. The van der Waals surface area contributed by atoms with Gasteiger partial charge in [0.15, 0.2) is 5.82 Å². The summed E-state index contributed by atoms with van der Waals surface area (Å²) in [4.78, 5) is 2.31. The van der Waals surface area contributed by atoms with Gasteiger partial charge in [0.05, 0.1) is 0 Å². The lowest BCUT2D eigenvalue weighted by atomic mass is 9.96. The van der Waals surface area contributed by atoms with Crippen molar-refractivity contribution < 1.29 is 0 Å². The minimum Gasteiger partial charge on any atom is -0.346 e. The van der Waals surface area contributed by atoms with Crippen LogP contribution < -0.4 is 4.90 Å². The lowest BCUT2D eigenvalue weighted by Gasteiger charge is -2.13. The number of aryl methyl sites for hydroxylation is 1. The number of tetrazole rings is 1. The molecule has 0 radical (unpaired) electrons. The van der Waals surface area contributed by atoms with Gasteiger partial charge in [-0.05, 0) is 40.5 Å². The van der Waals surface area contributed by atoms with E-state index < -0.39 is 0 Å². The summed E-state index contributed by atoms with van der Waals surface area (Å²) in [6, 6.07) is 16.9. The minimum atomic E-state index is 0.609. The first kappa shape index (κ1) is 15.7. The maximum atomic E-state index is 4.64. The van der Waals surface area contributed by atoms with Crippen LogP contribution in [-0.2, 0) is 19.6 Å². The zero-order chi connectivity index (χ0) is 18.2. The Labute approximate surface area is 156 Å². The molecule has 0 spiro atoms. The van der Waals surface area contributed by atoms with Crippen LogP contribution in [0.15, 0.2) is 54.7 Å². The summed E-state index contributed by atoms with van der Waals surface area (Å²) < 4.78 is 1.96. The van der Waals surface area contributed by atoms with Crippen LogP contribution in [0.2, 0.25) is 0 Å². The highest BCUT2D eigenvalue weighted by Crippen LogP contribution is 2.34. The van der Waals surface area contributed by atoms with Gasteiger partial charge in [-0.1, -0.05) is 36.4 Å². The van der Waals surface area contributed by atoms with Crippen LogP contribution in [0.4, 0.5) is 5.82 Å². The third-order valence-corrected chi connectivity index (χ3v) is 5.03. The van der Waals surface area contributed by atoms with E-state index in [1.54, 1.807) is 0 Å². The number of nitrogens with one attached hydrogen (secondary N) is 1. The fourth-order valence-electron chi connectivity index (χ4n) is 3.63. The molecular weight excluding hydrogens is 338 g/mol. The average molecular weight is 357 g/mol. The molecule has 3 heterocycles. The summed E-state index contributed by atoms with van der Waals surface area (Å²) in [5.41, 5.74) is 5.93. The number of benzene rings is 2. The van der Waals surface area contributed by atoms with E-state index in [-0.39, 0.29) is 0 Å². The second kappa shape index (κ2) is 6.35. The van der Waals surface area contributed by atoms with Crippen LogP contribution in [0.25, 0.3) is 22.5 Å². The number of fused-ring (bicyclic) bond motifs is 1. The number of H-pyrrole nitrogens is 1. The highest BCUT2D eigenvalue weighted by atomic mass is 15.5. The van der Waals surface area contributed by atoms with E-state index in [4.69, 9.17) is 0 Å². The number of anilines is 1. The third-order valence-electron chi connectivity index (χ3n) is 5.03. The van der Waals surface area contributed by atoms with E-state index in [9.17, 15) is 0 Å². The average Bonchev–Trinajstić information content (AvgIpc) is 3.47. The van der Waals surface area contributed by atoms with Crippen LogP contribution in [0.3, 0.4) is 0 Å². The molecule has 0 bridgehead atoms. The van der Waals surface area contributed by atoms with Crippen molar-refractivity contribution >= 4 is 5.82 Å². The molecule has 1 aliphatic rings. The summed E-state index contributed by atoms with van der Waals surface area (Å²) in [5, 5.41) is 19.1. The largest absolute Gasteiger partial charge is 0.346 e. The molecule has 5 rings (SSSR count). The van der Waals surface area contributed by atoms with Gasteiger partial charge in [-0.15, -0.1) is 10.2 Å². The molecule has 0 amide bonds. The summed E-state index contributed by atoms with van der Waals surface area (Å²) in [5.74, 6) is 1.64. The minimum absolute atomic E-state index is 0.609. The highest BCUT2D eigenvalue weighted by molar-refractivity contribution is 5.81. The van der Waals surface area contributed by atoms with E-state index in [0.717, 1.165) is 42.1 Å². The Kier molecular flexibility index (Phi) is 3.71. The van der Waals surface area contributed by atoms with Crippen LogP contribution in [0, 0.1) is 0 Å². The molecule has 4 aromatic rings. The Morgan fingerprint density at radius 1 is 1.00 bits per heavy atom. The Hall–Kier alpha value is -3.48. The van der Waals surface area contributed by atoms with Crippen molar-refractivity contribution in [1.29, 1.82) is 0 Å². The van der Waals surface area contributed by atoms with Crippen LogP contribution in [-0.4, -0.2) is 30.4 Å². The van der Waals surface area contributed by atoms with E-state index in [0.29, 0.717) is 5.82 Å². The number of hydrogen-bond acceptors (Lipinski definition) is 5. The Morgan fingerprint density at radius 3 is 2.63 bits per heavy atom. The molecule has 1 N–H and O–H groups in total. The molecule has 27 heavy (non-hydrogen) atoms. The second-order valence-electron chi connectivity index (χ2n) is 6.65. The van der Waals surface area contributed by atoms with Crippen LogP contribution in [0.5, 0.6) is 0 Å². The van der Waals surface area contributed by atoms with Crippen molar-refractivity contribution in [2.45, 2.75) is 26.6 Å². The molecular formula is C20H19N7. The van der Waals surface area contributed by atoms with Gasteiger partial charge >= 0.3 is 0 Å². The van der Waals surface area contributed by atoms with Crippen molar-refractivity contribution in [3.63, 3.8) is 0 Å². The monoisotopic (exact) mass is 357 g/mol. The van der Waals surface area contributed by atoms with Gasteiger partial charge in [0.25, 0.3) is 0 Å². The van der Waals surface area contributed by atoms with Gasteiger partial charge < -0.3 is 4.90 Å². The Bertz CT molecular complexity index is 1080. The zero-order valence-electron chi connectivity index (χ0n) is 15.0. The molecule has 0 fully saturated rings. The number of rotatable bonds is 4. The first-order valence-corrected chi connectivity index (χ1v) is 9.05. The van der Waals surface area contributed by atoms with Gasteiger partial charge in [0.1, 0.15) is 0 Å². The van der Waals surface area contributed by atoms with Crippen molar-refractivity contribution in [3.8, 4) is 22.5 Å². The SMILES string of the molecule is CCn1ccc(N2Cc3ccc(-c4ccccc4-c4nn[nH]n4)cc3C2)n1. The van der Waals surface area contributed by atoms with Crippen LogP contribution >= 0.6 is 0 Å². The predicted octanol–water partition coefficient (Wildman–Crippen LogP) is 3.27. The lowest BCUT2D eigenvalue weighted by Crippen LogP contribution is -2.15. The fraction of sp³-hybridized carbons (Fsp3) is 0.200. The quantitative estimate of drug-likeness (QED) is 0.607. The zero-order valence-corrected chi connectivity index (χ0v) is 15.0. The maximum absolute atomic E-state index is 4.64. The highest BCUT2D eigenvalue weighted by Gasteiger charge is 2.22. The van der Waals surface area contributed by atoms with E-state index in [1.165, 1.54) is 11.1 Å². The predicted molar refractivity (Wildman–Crippen MR) is 103 cm³/mol. The van der Waals surface area contributed by atoms with E-state index in [2.05, 4.69) is 67.9 Å². The second-order valence-corrected chi connectivity index (χ2v) is 6.65. The number of aromatic amines is 1. The van der Waals surface area contributed by atoms with Gasteiger partial charge in [0.2, 0.25) is 5.82 Å². The van der Waals surface area contributed by atoms with E-state index in [1.807, 2.05) is 29.1 Å². The molecule has 0 unspecified atom stereocenters. The molecule has 2 aromatic heterocycles. The molecule has 1 aliphatic heterocycles. The number of aromatic nitrogens is 6. The van der Waals surface area contributed by atoms with E-state index >= 15 is 0 Å². The molecule has 134 valence electrons. The smallest absolute Gasteiger partial charge is 0.205 e. The van der Waals surface area contributed by atoms with Gasteiger partial charge in [0, 0.05) is 37.5 Å². The summed E-state index contributed by atoms with van der Waals surface area (Å²) in [7, 11) is 0.